The highest BCUT2D eigenvalue weighted by Crippen LogP contribution is 2.32. The highest BCUT2D eigenvalue weighted by molar-refractivity contribution is 6.35. The van der Waals surface area contributed by atoms with Gasteiger partial charge < -0.3 is 10.6 Å². The van der Waals surface area contributed by atoms with Gasteiger partial charge in [-0.25, -0.2) is 0 Å². The fourth-order valence-electron chi connectivity index (χ4n) is 2.36. The summed E-state index contributed by atoms with van der Waals surface area (Å²) < 4.78 is 0. The molecule has 0 amide bonds. The summed E-state index contributed by atoms with van der Waals surface area (Å²) in [6.45, 7) is 5.79. The zero-order chi connectivity index (χ0) is 13.4. The van der Waals surface area contributed by atoms with E-state index in [0.29, 0.717) is 0 Å². The van der Waals surface area contributed by atoms with Crippen molar-refractivity contribution in [2.24, 2.45) is 4.99 Å². The van der Waals surface area contributed by atoms with Crippen molar-refractivity contribution in [3.05, 3.63) is 34.5 Å². The number of hydrogen-bond donors (Lipinski definition) is 2. The molecule has 0 spiro atoms. The Labute approximate surface area is 116 Å². The van der Waals surface area contributed by atoms with Crippen LogP contribution < -0.4 is 10.6 Å². The first-order valence-electron chi connectivity index (χ1n) is 6.26. The van der Waals surface area contributed by atoms with E-state index in [1.54, 1.807) is 6.20 Å². The number of hydrogen-bond acceptors (Lipinski definition) is 4. The molecule has 2 heterocycles. The van der Waals surface area contributed by atoms with Crippen molar-refractivity contribution in [2.45, 2.75) is 13.8 Å². The highest BCUT2D eigenvalue weighted by atomic mass is 35.5. The number of aryl methyl sites for hydroxylation is 2. The number of rotatable bonds is 1. The van der Waals surface area contributed by atoms with Gasteiger partial charge in [0, 0.05) is 23.8 Å². The van der Waals surface area contributed by atoms with E-state index >= 15 is 0 Å². The summed E-state index contributed by atoms with van der Waals surface area (Å²) in [6, 6.07) is 3.91. The van der Waals surface area contributed by atoms with Gasteiger partial charge in [-0.3, -0.25) is 9.98 Å². The molecular weight excluding hydrogens is 260 g/mol. The Balaban J connectivity index is 2.15. The van der Waals surface area contributed by atoms with Gasteiger partial charge in [0.25, 0.3) is 0 Å². The minimum absolute atomic E-state index is 0.732. The van der Waals surface area contributed by atoms with E-state index in [4.69, 9.17) is 11.6 Å². The monoisotopic (exact) mass is 274 g/mol. The van der Waals surface area contributed by atoms with Gasteiger partial charge in [0.2, 0.25) is 0 Å². The molecule has 3 rings (SSSR count). The number of aliphatic imine (C=N–C) groups is 1. The second-order valence-electron chi connectivity index (χ2n) is 4.66. The summed E-state index contributed by atoms with van der Waals surface area (Å²) in [6.07, 6.45) is 1.74. The SMILES string of the molecule is Cc1cc(NC2=NCCN2)c(C)c2c(Cl)ccnc12. The number of benzene rings is 1. The molecule has 1 aliphatic rings. The Morgan fingerprint density at radius 3 is 2.95 bits per heavy atom. The van der Waals surface area contributed by atoms with Crippen LogP contribution in [-0.2, 0) is 0 Å². The second kappa shape index (κ2) is 4.70. The maximum atomic E-state index is 6.31. The standard InChI is InChI=1S/C14H15ClN4/c1-8-7-11(19-14-17-5-6-18-14)9(2)12-10(15)3-4-16-13(8)12/h3-4,7H,5-6H2,1-2H3,(H2,17,18,19). The van der Waals surface area contributed by atoms with Crippen LogP contribution in [0.2, 0.25) is 5.02 Å². The van der Waals surface area contributed by atoms with Gasteiger partial charge in [-0.1, -0.05) is 11.6 Å². The third-order valence-electron chi connectivity index (χ3n) is 3.34. The predicted molar refractivity (Wildman–Crippen MR) is 80.2 cm³/mol. The molecule has 5 heteroatoms. The molecule has 0 saturated carbocycles. The average Bonchev–Trinajstić information content (AvgIpc) is 2.88. The topological polar surface area (TPSA) is 49.3 Å². The number of nitrogens with zero attached hydrogens (tertiary/aromatic N) is 2. The number of pyridine rings is 1. The van der Waals surface area contributed by atoms with Crippen LogP contribution in [0.4, 0.5) is 5.69 Å². The minimum atomic E-state index is 0.732. The zero-order valence-corrected chi connectivity index (χ0v) is 11.7. The van der Waals surface area contributed by atoms with E-state index in [1.807, 2.05) is 19.9 Å². The summed E-state index contributed by atoms with van der Waals surface area (Å²) in [5.41, 5.74) is 4.17. The molecule has 0 atom stereocenters. The first-order chi connectivity index (χ1) is 9.16. The molecule has 1 aliphatic heterocycles. The van der Waals surface area contributed by atoms with Gasteiger partial charge in [-0.2, -0.15) is 0 Å². The first-order valence-corrected chi connectivity index (χ1v) is 6.64. The van der Waals surface area contributed by atoms with Crippen LogP contribution in [-0.4, -0.2) is 24.0 Å². The van der Waals surface area contributed by atoms with Crippen molar-refractivity contribution in [3.8, 4) is 0 Å². The molecule has 98 valence electrons. The molecule has 0 radical (unpaired) electrons. The molecule has 0 unspecified atom stereocenters. The lowest BCUT2D eigenvalue weighted by Crippen LogP contribution is -2.26. The third kappa shape index (κ3) is 2.12. The van der Waals surface area contributed by atoms with Crippen LogP contribution in [0.1, 0.15) is 11.1 Å². The molecule has 0 aliphatic carbocycles. The summed E-state index contributed by atoms with van der Waals surface area (Å²) in [5.74, 6) is 0.821. The Morgan fingerprint density at radius 1 is 1.37 bits per heavy atom. The molecule has 19 heavy (non-hydrogen) atoms. The Hall–Kier alpha value is -1.81. The van der Waals surface area contributed by atoms with Gasteiger partial charge in [-0.15, -0.1) is 0 Å². The summed E-state index contributed by atoms with van der Waals surface area (Å²) in [5, 5.41) is 8.26. The quantitative estimate of drug-likeness (QED) is 0.841. The van der Waals surface area contributed by atoms with E-state index in [9.17, 15) is 0 Å². The first kappa shape index (κ1) is 12.2. The van der Waals surface area contributed by atoms with Gasteiger partial charge in [0.1, 0.15) is 0 Å². The van der Waals surface area contributed by atoms with Crippen molar-refractivity contribution < 1.29 is 0 Å². The molecule has 1 aromatic heterocycles. The van der Waals surface area contributed by atoms with Crippen LogP contribution in [0.5, 0.6) is 0 Å². The Kier molecular flexibility index (Phi) is 3.03. The normalized spacial score (nSPS) is 14.4. The van der Waals surface area contributed by atoms with Crippen molar-refractivity contribution >= 4 is 34.2 Å². The van der Waals surface area contributed by atoms with Crippen LogP contribution in [0, 0.1) is 13.8 Å². The molecule has 1 aromatic carbocycles. The summed E-state index contributed by atoms with van der Waals surface area (Å²) >= 11 is 6.31. The third-order valence-corrected chi connectivity index (χ3v) is 3.66. The van der Waals surface area contributed by atoms with E-state index in [1.165, 1.54) is 0 Å². The number of nitrogens with one attached hydrogen (secondary N) is 2. The number of anilines is 1. The van der Waals surface area contributed by atoms with Crippen molar-refractivity contribution in [1.82, 2.24) is 10.3 Å². The summed E-state index contributed by atoms with van der Waals surface area (Å²) in [7, 11) is 0. The minimum Gasteiger partial charge on any atom is -0.354 e. The largest absolute Gasteiger partial charge is 0.354 e. The maximum absolute atomic E-state index is 6.31. The average molecular weight is 275 g/mol. The Morgan fingerprint density at radius 2 is 2.21 bits per heavy atom. The van der Waals surface area contributed by atoms with Crippen molar-refractivity contribution in [2.75, 3.05) is 18.4 Å². The second-order valence-corrected chi connectivity index (χ2v) is 5.07. The van der Waals surface area contributed by atoms with E-state index in [-0.39, 0.29) is 0 Å². The van der Waals surface area contributed by atoms with Gasteiger partial charge in [0.15, 0.2) is 5.96 Å². The number of guanidine groups is 1. The fraction of sp³-hybridized carbons (Fsp3) is 0.286. The van der Waals surface area contributed by atoms with Gasteiger partial charge >= 0.3 is 0 Å². The highest BCUT2D eigenvalue weighted by Gasteiger charge is 2.13. The zero-order valence-electron chi connectivity index (χ0n) is 10.9. The van der Waals surface area contributed by atoms with E-state index in [2.05, 4.69) is 26.7 Å². The lowest BCUT2D eigenvalue weighted by molar-refractivity contribution is 0.959. The van der Waals surface area contributed by atoms with Crippen molar-refractivity contribution in [1.29, 1.82) is 0 Å². The lowest BCUT2D eigenvalue weighted by atomic mass is 10.0. The van der Waals surface area contributed by atoms with Crippen LogP contribution in [0.15, 0.2) is 23.3 Å². The molecule has 0 bridgehead atoms. The summed E-state index contributed by atoms with van der Waals surface area (Å²) in [4.78, 5) is 8.77. The van der Waals surface area contributed by atoms with E-state index in [0.717, 1.165) is 51.8 Å². The maximum Gasteiger partial charge on any atom is 0.195 e. The van der Waals surface area contributed by atoms with E-state index < -0.39 is 0 Å². The molecule has 2 N–H and O–H groups in total. The number of halogens is 1. The molecule has 0 fully saturated rings. The smallest absolute Gasteiger partial charge is 0.195 e. The molecule has 4 nitrogen and oxygen atoms in total. The van der Waals surface area contributed by atoms with Crippen LogP contribution in [0.3, 0.4) is 0 Å². The van der Waals surface area contributed by atoms with Crippen molar-refractivity contribution in [3.63, 3.8) is 0 Å². The predicted octanol–water partition coefficient (Wildman–Crippen LogP) is 2.88. The Bertz CT molecular complexity index is 679. The van der Waals surface area contributed by atoms with Gasteiger partial charge in [0.05, 0.1) is 17.1 Å². The molecule has 0 saturated heterocycles. The number of fused-ring (bicyclic) bond motifs is 1. The fourth-order valence-corrected chi connectivity index (χ4v) is 2.65. The lowest BCUT2D eigenvalue weighted by Gasteiger charge is -2.14. The van der Waals surface area contributed by atoms with Crippen LogP contribution >= 0.6 is 11.6 Å². The van der Waals surface area contributed by atoms with Gasteiger partial charge in [-0.05, 0) is 37.1 Å². The van der Waals surface area contributed by atoms with Crippen LogP contribution in [0.25, 0.3) is 10.9 Å². The molecule has 2 aromatic rings. The number of aromatic nitrogens is 1. The molecular formula is C14H15ClN4.